The quantitative estimate of drug-likeness (QED) is 0.896. The minimum absolute atomic E-state index is 0. The van der Waals surface area contributed by atoms with Crippen molar-refractivity contribution in [3.8, 4) is 0 Å². The highest BCUT2D eigenvalue weighted by atomic mass is 35.5. The highest BCUT2D eigenvalue weighted by molar-refractivity contribution is 7.99. The number of fused-ring (bicyclic) bond motifs is 1. The summed E-state index contributed by atoms with van der Waals surface area (Å²) in [6.07, 6.45) is 0.844. The molecule has 0 aromatic heterocycles. The summed E-state index contributed by atoms with van der Waals surface area (Å²) in [4.78, 5) is 12.6. The van der Waals surface area contributed by atoms with Crippen LogP contribution in [0.3, 0.4) is 0 Å². The normalized spacial score (nSPS) is 17.6. The van der Waals surface area contributed by atoms with Crippen LogP contribution in [-0.4, -0.2) is 25.3 Å². The fourth-order valence-electron chi connectivity index (χ4n) is 1.92. The number of amides is 1. The Morgan fingerprint density at radius 1 is 1.56 bits per heavy atom. The van der Waals surface area contributed by atoms with Crippen molar-refractivity contribution in [2.75, 3.05) is 19.3 Å². The number of hydrogen-bond donors (Lipinski definition) is 2. The van der Waals surface area contributed by atoms with Crippen molar-refractivity contribution < 1.29 is 9.18 Å². The van der Waals surface area contributed by atoms with Gasteiger partial charge in [-0.05, 0) is 37.2 Å². The average Bonchev–Trinajstić information content (AvgIpc) is 2.30. The molecule has 0 saturated carbocycles. The number of nitrogens with one attached hydrogen (secondary N) is 2. The molecule has 1 aliphatic heterocycles. The van der Waals surface area contributed by atoms with Crippen LogP contribution in [0.1, 0.15) is 18.0 Å². The van der Waals surface area contributed by atoms with Gasteiger partial charge in [0.2, 0.25) is 5.91 Å². The molecule has 1 amide bonds. The number of hydrogen-bond acceptors (Lipinski definition) is 3. The Bertz CT molecular complexity index is 431. The van der Waals surface area contributed by atoms with Gasteiger partial charge in [0.25, 0.3) is 0 Å². The van der Waals surface area contributed by atoms with E-state index in [1.807, 2.05) is 0 Å². The first-order valence-corrected chi connectivity index (χ1v) is 6.55. The van der Waals surface area contributed by atoms with Gasteiger partial charge in [0.15, 0.2) is 0 Å². The molecule has 6 heteroatoms. The molecule has 1 heterocycles. The van der Waals surface area contributed by atoms with Crippen LogP contribution in [0, 0.1) is 5.82 Å². The van der Waals surface area contributed by atoms with Crippen LogP contribution < -0.4 is 10.6 Å². The molecule has 0 spiro atoms. The van der Waals surface area contributed by atoms with Gasteiger partial charge in [-0.2, -0.15) is 0 Å². The standard InChI is InChI=1S/C12H15FN2OS.ClH/c1-14-7-12(16)15-10-4-5-17-11-3-2-8(13)6-9(10)11;/h2-3,6,10,14H,4-5,7H2,1H3,(H,15,16);1H. The van der Waals surface area contributed by atoms with Gasteiger partial charge in [0.05, 0.1) is 12.6 Å². The molecule has 0 saturated heterocycles. The summed E-state index contributed by atoms with van der Waals surface area (Å²) in [5.41, 5.74) is 0.894. The highest BCUT2D eigenvalue weighted by Crippen LogP contribution is 2.36. The third kappa shape index (κ3) is 3.60. The molecule has 0 radical (unpaired) electrons. The molecular weight excluding hydrogens is 275 g/mol. The van der Waals surface area contributed by atoms with Crippen molar-refractivity contribution >= 4 is 30.1 Å². The number of benzene rings is 1. The Labute approximate surface area is 116 Å². The molecule has 1 aromatic carbocycles. The molecule has 18 heavy (non-hydrogen) atoms. The maximum absolute atomic E-state index is 13.2. The lowest BCUT2D eigenvalue weighted by Crippen LogP contribution is -2.36. The molecule has 2 rings (SSSR count). The minimum atomic E-state index is -0.251. The molecule has 3 nitrogen and oxygen atoms in total. The number of carbonyl (C=O) groups excluding carboxylic acids is 1. The van der Waals surface area contributed by atoms with Crippen LogP contribution in [-0.2, 0) is 4.79 Å². The third-order valence-corrected chi connectivity index (χ3v) is 3.81. The van der Waals surface area contributed by atoms with Crippen LogP contribution in [0.2, 0.25) is 0 Å². The van der Waals surface area contributed by atoms with Gasteiger partial charge >= 0.3 is 0 Å². The Hall–Kier alpha value is -0.780. The van der Waals surface area contributed by atoms with E-state index >= 15 is 0 Å². The van der Waals surface area contributed by atoms with E-state index in [-0.39, 0.29) is 36.7 Å². The van der Waals surface area contributed by atoms with Gasteiger partial charge in [-0.1, -0.05) is 0 Å². The Kier molecular flexibility index (Phi) is 5.91. The number of halogens is 2. The predicted molar refractivity (Wildman–Crippen MR) is 73.8 cm³/mol. The summed E-state index contributed by atoms with van der Waals surface area (Å²) in [5.74, 6) is 0.641. The Morgan fingerprint density at radius 3 is 3.06 bits per heavy atom. The summed E-state index contributed by atoms with van der Waals surface area (Å²) in [6, 6.07) is 4.70. The Balaban J connectivity index is 0.00000162. The zero-order valence-corrected chi connectivity index (χ0v) is 11.7. The second-order valence-electron chi connectivity index (χ2n) is 3.97. The average molecular weight is 291 g/mol. The maximum atomic E-state index is 13.2. The minimum Gasteiger partial charge on any atom is -0.348 e. The first kappa shape index (κ1) is 15.3. The van der Waals surface area contributed by atoms with E-state index in [0.29, 0.717) is 0 Å². The number of thioether (sulfide) groups is 1. The van der Waals surface area contributed by atoms with E-state index in [9.17, 15) is 9.18 Å². The fraction of sp³-hybridized carbons (Fsp3) is 0.417. The van der Waals surface area contributed by atoms with Crippen molar-refractivity contribution in [3.05, 3.63) is 29.6 Å². The topological polar surface area (TPSA) is 41.1 Å². The van der Waals surface area contributed by atoms with E-state index in [0.717, 1.165) is 22.6 Å². The van der Waals surface area contributed by atoms with Gasteiger partial charge in [-0.15, -0.1) is 24.2 Å². The molecule has 1 unspecified atom stereocenters. The smallest absolute Gasteiger partial charge is 0.234 e. The van der Waals surface area contributed by atoms with E-state index < -0.39 is 0 Å². The first-order valence-electron chi connectivity index (χ1n) is 5.57. The highest BCUT2D eigenvalue weighted by Gasteiger charge is 2.22. The fourth-order valence-corrected chi connectivity index (χ4v) is 3.03. The van der Waals surface area contributed by atoms with E-state index in [2.05, 4.69) is 10.6 Å². The van der Waals surface area contributed by atoms with Crippen LogP contribution in [0.4, 0.5) is 4.39 Å². The third-order valence-electron chi connectivity index (χ3n) is 2.68. The number of rotatable bonds is 3. The van der Waals surface area contributed by atoms with Crippen molar-refractivity contribution in [1.29, 1.82) is 0 Å². The van der Waals surface area contributed by atoms with Crippen LogP contribution >= 0.6 is 24.2 Å². The van der Waals surface area contributed by atoms with Crippen LogP contribution in [0.25, 0.3) is 0 Å². The Morgan fingerprint density at radius 2 is 2.33 bits per heavy atom. The van der Waals surface area contributed by atoms with Crippen molar-refractivity contribution in [3.63, 3.8) is 0 Å². The molecule has 1 atom stereocenters. The molecule has 0 fully saturated rings. The molecule has 2 N–H and O–H groups in total. The summed E-state index contributed by atoms with van der Waals surface area (Å²) >= 11 is 1.71. The summed E-state index contributed by atoms with van der Waals surface area (Å²) in [7, 11) is 1.73. The van der Waals surface area contributed by atoms with Crippen molar-refractivity contribution in [2.24, 2.45) is 0 Å². The lowest BCUT2D eigenvalue weighted by atomic mass is 10.0. The van der Waals surface area contributed by atoms with Gasteiger partial charge in [-0.25, -0.2) is 4.39 Å². The van der Waals surface area contributed by atoms with Crippen LogP contribution in [0.15, 0.2) is 23.1 Å². The van der Waals surface area contributed by atoms with E-state index in [4.69, 9.17) is 0 Å². The number of likely N-dealkylation sites (N-methyl/N-ethyl adjacent to an activating group) is 1. The zero-order valence-electron chi connectivity index (χ0n) is 10.0. The number of carbonyl (C=O) groups is 1. The lowest BCUT2D eigenvalue weighted by molar-refractivity contribution is -0.120. The maximum Gasteiger partial charge on any atom is 0.234 e. The van der Waals surface area contributed by atoms with Crippen molar-refractivity contribution in [2.45, 2.75) is 17.4 Å². The molecule has 0 bridgehead atoms. The monoisotopic (exact) mass is 290 g/mol. The first-order chi connectivity index (χ1) is 8.20. The van der Waals surface area contributed by atoms with Crippen LogP contribution in [0.5, 0.6) is 0 Å². The molecule has 1 aromatic rings. The lowest BCUT2D eigenvalue weighted by Gasteiger charge is -2.26. The molecule has 0 aliphatic carbocycles. The summed E-state index contributed by atoms with van der Waals surface area (Å²) in [6.45, 7) is 0.286. The van der Waals surface area contributed by atoms with E-state index in [1.54, 1.807) is 24.9 Å². The van der Waals surface area contributed by atoms with Gasteiger partial charge in [0.1, 0.15) is 5.82 Å². The molecular formula is C12H16ClFN2OS. The van der Waals surface area contributed by atoms with Crippen molar-refractivity contribution in [1.82, 2.24) is 10.6 Å². The second kappa shape index (κ2) is 6.97. The molecule has 1 aliphatic rings. The summed E-state index contributed by atoms with van der Waals surface area (Å²) < 4.78 is 13.2. The SMILES string of the molecule is CNCC(=O)NC1CCSc2ccc(F)cc21.Cl. The zero-order chi connectivity index (χ0) is 12.3. The van der Waals surface area contributed by atoms with Gasteiger partial charge in [-0.3, -0.25) is 4.79 Å². The summed E-state index contributed by atoms with van der Waals surface area (Å²) in [5, 5.41) is 5.72. The van der Waals surface area contributed by atoms with Gasteiger partial charge in [0, 0.05) is 10.6 Å². The molecule has 100 valence electrons. The largest absolute Gasteiger partial charge is 0.348 e. The van der Waals surface area contributed by atoms with Gasteiger partial charge < -0.3 is 10.6 Å². The predicted octanol–water partition coefficient (Wildman–Crippen LogP) is 2.12. The second-order valence-corrected chi connectivity index (χ2v) is 5.11. The van der Waals surface area contributed by atoms with E-state index in [1.165, 1.54) is 12.1 Å².